The van der Waals surface area contributed by atoms with E-state index in [0.29, 0.717) is 6.41 Å². The topological polar surface area (TPSA) is 51.0 Å². The van der Waals surface area contributed by atoms with Crippen molar-refractivity contribution in [3.63, 3.8) is 0 Å². The molecule has 0 bridgehead atoms. The van der Waals surface area contributed by atoms with Gasteiger partial charge in [-0.05, 0) is 25.0 Å². The summed E-state index contributed by atoms with van der Waals surface area (Å²) < 4.78 is 1.29. The zero-order chi connectivity index (χ0) is 12.4. The first-order valence-corrected chi connectivity index (χ1v) is 6.44. The highest BCUT2D eigenvalue weighted by molar-refractivity contribution is 5.90. The highest BCUT2D eigenvalue weighted by Gasteiger charge is 2.15. The predicted molar refractivity (Wildman–Crippen MR) is 70.4 cm³/mol. The second kappa shape index (κ2) is 4.76. The molecule has 0 spiro atoms. The molecule has 0 unspecified atom stereocenters. The van der Waals surface area contributed by atoms with Crippen molar-refractivity contribution in [1.29, 1.82) is 0 Å². The van der Waals surface area contributed by atoms with Gasteiger partial charge in [-0.15, -0.1) is 5.10 Å². The van der Waals surface area contributed by atoms with Gasteiger partial charge in [0.1, 0.15) is 5.52 Å². The molecule has 5 nitrogen and oxygen atoms in total. The van der Waals surface area contributed by atoms with Crippen LogP contribution in [0.3, 0.4) is 0 Å². The highest BCUT2D eigenvalue weighted by Crippen LogP contribution is 2.26. The van der Waals surface area contributed by atoms with E-state index in [9.17, 15) is 4.79 Å². The van der Waals surface area contributed by atoms with Gasteiger partial charge in [-0.2, -0.15) is 4.68 Å². The Hall–Kier alpha value is -1.91. The normalized spacial score (nSPS) is 16.8. The molecule has 1 aliphatic heterocycles. The van der Waals surface area contributed by atoms with Crippen LogP contribution in [0.15, 0.2) is 18.2 Å². The van der Waals surface area contributed by atoms with Crippen molar-refractivity contribution >= 4 is 23.1 Å². The van der Waals surface area contributed by atoms with Crippen LogP contribution >= 0.6 is 0 Å². The third-order valence-electron chi connectivity index (χ3n) is 3.53. The third-order valence-corrected chi connectivity index (χ3v) is 3.53. The number of carbonyl (C=O) groups excluding carboxylic acids is 1. The molecule has 1 fully saturated rings. The van der Waals surface area contributed by atoms with Gasteiger partial charge in [-0.3, -0.25) is 4.79 Å². The van der Waals surface area contributed by atoms with Crippen LogP contribution in [-0.2, 0) is 4.79 Å². The second-order valence-corrected chi connectivity index (χ2v) is 4.69. The van der Waals surface area contributed by atoms with Crippen molar-refractivity contribution in [3.8, 4) is 0 Å². The quantitative estimate of drug-likeness (QED) is 0.756. The Morgan fingerprint density at radius 3 is 2.61 bits per heavy atom. The Balaban J connectivity index is 2.05. The van der Waals surface area contributed by atoms with E-state index in [-0.39, 0.29) is 0 Å². The summed E-state index contributed by atoms with van der Waals surface area (Å²) in [7, 11) is 0. The van der Waals surface area contributed by atoms with Crippen molar-refractivity contribution < 1.29 is 4.79 Å². The number of nitrogens with zero attached hydrogens (tertiary/aromatic N) is 4. The molecule has 0 radical (unpaired) electrons. The average Bonchev–Trinajstić information content (AvgIpc) is 2.65. The molecule has 3 rings (SSSR count). The Kier molecular flexibility index (Phi) is 2.96. The van der Waals surface area contributed by atoms with Gasteiger partial charge < -0.3 is 4.90 Å². The summed E-state index contributed by atoms with van der Waals surface area (Å²) in [4.78, 5) is 13.2. The first kappa shape index (κ1) is 11.2. The number of rotatable bonds is 2. The van der Waals surface area contributed by atoms with Crippen molar-refractivity contribution in [2.24, 2.45) is 0 Å². The fraction of sp³-hybridized carbons (Fsp3) is 0.462. The average molecular weight is 244 g/mol. The fourth-order valence-corrected chi connectivity index (χ4v) is 2.59. The molecule has 2 heterocycles. The van der Waals surface area contributed by atoms with Crippen LogP contribution in [0.25, 0.3) is 11.0 Å². The number of fused-ring (bicyclic) bond motifs is 1. The third kappa shape index (κ3) is 1.85. The summed E-state index contributed by atoms with van der Waals surface area (Å²) >= 11 is 0. The van der Waals surface area contributed by atoms with E-state index in [1.807, 2.05) is 12.1 Å². The summed E-state index contributed by atoms with van der Waals surface area (Å²) in [6.45, 7) is 2.13. The molecular formula is C13H16N4O. The van der Waals surface area contributed by atoms with E-state index in [1.165, 1.54) is 30.4 Å². The molecule has 0 saturated carbocycles. The molecule has 1 saturated heterocycles. The Bertz CT molecular complexity index is 555. The van der Waals surface area contributed by atoms with Gasteiger partial charge in [-0.25, -0.2) is 0 Å². The van der Waals surface area contributed by atoms with Gasteiger partial charge >= 0.3 is 0 Å². The zero-order valence-electron chi connectivity index (χ0n) is 10.2. The summed E-state index contributed by atoms with van der Waals surface area (Å²) in [6.07, 6.45) is 5.74. The van der Waals surface area contributed by atoms with E-state index in [0.717, 1.165) is 29.8 Å². The highest BCUT2D eigenvalue weighted by atomic mass is 16.1. The van der Waals surface area contributed by atoms with Crippen LogP contribution in [0, 0.1) is 0 Å². The molecule has 2 aromatic rings. The van der Waals surface area contributed by atoms with Crippen molar-refractivity contribution in [2.75, 3.05) is 18.0 Å². The molecule has 1 aromatic carbocycles. The lowest BCUT2D eigenvalue weighted by molar-refractivity contribution is 0.540. The molecule has 94 valence electrons. The van der Waals surface area contributed by atoms with E-state index >= 15 is 0 Å². The van der Waals surface area contributed by atoms with Crippen molar-refractivity contribution in [1.82, 2.24) is 15.0 Å². The molecule has 0 atom stereocenters. The van der Waals surface area contributed by atoms with Gasteiger partial charge in [0.15, 0.2) is 0 Å². The molecule has 18 heavy (non-hydrogen) atoms. The minimum absolute atomic E-state index is 0.696. The van der Waals surface area contributed by atoms with Crippen LogP contribution in [0.5, 0.6) is 0 Å². The molecule has 1 aliphatic rings. The summed E-state index contributed by atoms with van der Waals surface area (Å²) in [5.41, 5.74) is 2.71. The Morgan fingerprint density at radius 2 is 1.89 bits per heavy atom. The van der Waals surface area contributed by atoms with E-state index in [4.69, 9.17) is 0 Å². The second-order valence-electron chi connectivity index (χ2n) is 4.69. The standard InChI is InChI=1S/C13H16N4O/c18-10-17-12-7-5-6-11(13(12)14-15-17)16-8-3-1-2-4-9-16/h5-7,10H,1-4,8-9H2. The molecule has 0 aliphatic carbocycles. The maximum Gasteiger partial charge on any atom is 0.236 e. The number of hydrogen-bond acceptors (Lipinski definition) is 4. The van der Waals surface area contributed by atoms with E-state index in [1.54, 1.807) is 0 Å². The van der Waals surface area contributed by atoms with Crippen molar-refractivity contribution in [3.05, 3.63) is 18.2 Å². The lowest BCUT2D eigenvalue weighted by Crippen LogP contribution is -2.24. The molecule has 1 aromatic heterocycles. The first-order valence-electron chi connectivity index (χ1n) is 6.44. The number of benzene rings is 1. The SMILES string of the molecule is O=Cn1nnc2c(N3CCCCCC3)cccc21. The Morgan fingerprint density at radius 1 is 1.11 bits per heavy atom. The monoisotopic (exact) mass is 244 g/mol. The largest absolute Gasteiger partial charge is 0.370 e. The molecular weight excluding hydrogens is 228 g/mol. The minimum Gasteiger partial charge on any atom is -0.370 e. The number of anilines is 1. The van der Waals surface area contributed by atoms with Crippen LogP contribution in [0.4, 0.5) is 5.69 Å². The maximum absolute atomic E-state index is 10.9. The maximum atomic E-state index is 10.9. The minimum atomic E-state index is 0.696. The first-order chi connectivity index (χ1) is 8.90. The number of carbonyl (C=O) groups is 1. The smallest absolute Gasteiger partial charge is 0.236 e. The van der Waals surface area contributed by atoms with Crippen LogP contribution in [0.2, 0.25) is 0 Å². The number of aromatic nitrogens is 3. The summed E-state index contributed by atoms with van der Waals surface area (Å²) in [5, 5.41) is 8.00. The fourth-order valence-electron chi connectivity index (χ4n) is 2.59. The number of hydrogen-bond donors (Lipinski definition) is 0. The van der Waals surface area contributed by atoms with Gasteiger partial charge in [0.25, 0.3) is 0 Å². The lowest BCUT2D eigenvalue weighted by Gasteiger charge is -2.22. The van der Waals surface area contributed by atoms with Crippen LogP contribution in [-0.4, -0.2) is 34.5 Å². The van der Waals surface area contributed by atoms with Crippen molar-refractivity contribution in [2.45, 2.75) is 25.7 Å². The van der Waals surface area contributed by atoms with Gasteiger partial charge in [0, 0.05) is 13.1 Å². The van der Waals surface area contributed by atoms with Crippen LogP contribution < -0.4 is 4.90 Å². The van der Waals surface area contributed by atoms with Crippen LogP contribution in [0.1, 0.15) is 25.7 Å². The van der Waals surface area contributed by atoms with Gasteiger partial charge in [0.2, 0.25) is 6.41 Å². The molecule has 0 amide bonds. The zero-order valence-corrected chi connectivity index (χ0v) is 10.2. The van der Waals surface area contributed by atoms with E-state index < -0.39 is 0 Å². The lowest BCUT2D eigenvalue weighted by atomic mass is 10.2. The molecule has 5 heteroatoms. The van der Waals surface area contributed by atoms with Gasteiger partial charge in [-0.1, -0.05) is 24.1 Å². The Labute approximate surface area is 105 Å². The predicted octanol–water partition coefficient (Wildman–Crippen LogP) is 1.85. The molecule has 0 N–H and O–H groups in total. The van der Waals surface area contributed by atoms with Gasteiger partial charge in [0.05, 0.1) is 11.2 Å². The summed E-state index contributed by atoms with van der Waals surface area (Å²) in [6, 6.07) is 5.91. The van der Waals surface area contributed by atoms with E-state index in [2.05, 4.69) is 21.3 Å². The summed E-state index contributed by atoms with van der Waals surface area (Å²) in [5.74, 6) is 0.